The third-order valence-corrected chi connectivity index (χ3v) is 4.64. The van der Waals surface area contributed by atoms with E-state index in [1.54, 1.807) is 12.5 Å². The van der Waals surface area contributed by atoms with Gasteiger partial charge in [0.2, 0.25) is 0 Å². The number of carbonyl (C=O) groups excluding carboxylic acids is 1. The van der Waals surface area contributed by atoms with Crippen molar-refractivity contribution >= 4 is 17.5 Å². The minimum absolute atomic E-state index is 0.0996. The standard InChI is InChI=1S/C17H21N7O/c1-13(2)23-7-3-4-14(23)16(25)22-10-8-21(9-11-22)15-5-6-18-17-20-19-12-24(15)17/h3-7,12-13H,8-11H2,1-2H3. The molecule has 0 saturated carbocycles. The molecule has 1 aliphatic rings. The maximum atomic E-state index is 12.9. The zero-order valence-corrected chi connectivity index (χ0v) is 14.4. The molecule has 0 bridgehead atoms. The van der Waals surface area contributed by atoms with E-state index in [-0.39, 0.29) is 11.9 Å². The number of anilines is 1. The van der Waals surface area contributed by atoms with E-state index < -0.39 is 0 Å². The first-order valence-corrected chi connectivity index (χ1v) is 8.51. The zero-order chi connectivity index (χ0) is 17.4. The van der Waals surface area contributed by atoms with Gasteiger partial charge in [0, 0.05) is 44.6 Å². The van der Waals surface area contributed by atoms with E-state index >= 15 is 0 Å². The molecule has 1 fully saturated rings. The lowest BCUT2D eigenvalue weighted by molar-refractivity contribution is 0.0734. The van der Waals surface area contributed by atoms with Crippen LogP contribution in [0.25, 0.3) is 5.78 Å². The lowest BCUT2D eigenvalue weighted by Gasteiger charge is -2.36. The minimum Gasteiger partial charge on any atom is -0.354 e. The first-order valence-electron chi connectivity index (χ1n) is 8.51. The number of fused-ring (bicyclic) bond motifs is 1. The maximum Gasteiger partial charge on any atom is 0.270 e. The SMILES string of the molecule is CC(C)n1cccc1C(=O)N1CCN(c2ccnc3nncn23)CC1. The second-order valence-electron chi connectivity index (χ2n) is 6.48. The predicted molar refractivity (Wildman–Crippen MR) is 93.7 cm³/mol. The Bertz CT molecular complexity index is 889. The van der Waals surface area contributed by atoms with E-state index in [9.17, 15) is 4.79 Å². The van der Waals surface area contributed by atoms with Crippen molar-refractivity contribution in [2.24, 2.45) is 0 Å². The number of hydrogen-bond donors (Lipinski definition) is 0. The van der Waals surface area contributed by atoms with Gasteiger partial charge in [-0.15, -0.1) is 10.2 Å². The number of carbonyl (C=O) groups is 1. The first-order chi connectivity index (χ1) is 12.1. The van der Waals surface area contributed by atoms with Crippen molar-refractivity contribution in [3.63, 3.8) is 0 Å². The Hall–Kier alpha value is -2.90. The van der Waals surface area contributed by atoms with Crippen LogP contribution in [0.4, 0.5) is 5.82 Å². The number of piperazine rings is 1. The summed E-state index contributed by atoms with van der Waals surface area (Å²) in [5.74, 6) is 1.70. The average Bonchev–Trinajstić information content (AvgIpc) is 3.30. The van der Waals surface area contributed by atoms with Gasteiger partial charge in [0.25, 0.3) is 11.7 Å². The molecule has 0 aromatic carbocycles. The Morgan fingerprint density at radius 1 is 1.16 bits per heavy atom. The summed E-state index contributed by atoms with van der Waals surface area (Å²) in [4.78, 5) is 21.2. The molecule has 3 aromatic heterocycles. The lowest BCUT2D eigenvalue weighted by atomic mass is 10.2. The Balaban J connectivity index is 1.49. The molecule has 1 aliphatic heterocycles. The highest BCUT2D eigenvalue weighted by atomic mass is 16.2. The van der Waals surface area contributed by atoms with Crippen LogP contribution in [0.2, 0.25) is 0 Å². The van der Waals surface area contributed by atoms with Gasteiger partial charge in [-0.1, -0.05) is 0 Å². The summed E-state index contributed by atoms with van der Waals surface area (Å²) in [6.07, 6.45) is 5.38. The van der Waals surface area contributed by atoms with Gasteiger partial charge in [-0.2, -0.15) is 0 Å². The molecular weight excluding hydrogens is 318 g/mol. The topological polar surface area (TPSA) is 71.6 Å². The van der Waals surface area contributed by atoms with E-state index in [0.717, 1.165) is 24.6 Å². The van der Waals surface area contributed by atoms with Gasteiger partial charge in [0.15, 0.2) is 0 Å². The Labute approximate surface area is 145 Å². The molecule has 4 heterocycles. The number of amides is 1. The number of nitrogens with zero attached hydrogens (tertiary/aromatic N) is 7. The van der Waals surface area contributed by atoms with Crippen molar-refractivity contribution < 1.29 is 4.79 Å². The van der Waals surface area contributed by atoms with Crippen molar-refractivity contribution in [1.82, 2.24) is 29.0 Å². The Morgan fingerprint density at radius 2 is 1.96 bits per heavy atom. The van der Waals surface area contributed by atoms with Crippen LogP contribution in [0, 0.1) is 0 Å². The fourth-order valence-electron chi connectivity index (χ4n) is 3.31. The van der Waals surface area contributed by atoms with Gasteiger partial charge in [-0.3, -0.25) is 9.20 Å². The van der Waals surface area contributed by atoms with Gasteiger partial charge < -0.3 is 14.4 Å². The first kappa shape index (κ1) is 15.6. The van der Waals surface area contributed by atoms with E-state index in [4.69, 9.17) is 0 Å². The summed E-state index contributed by atoms with van der Waals surface area (Å²) in [7, 11) is 0. The molecular formula is C17H21N7O. The summed E-state index contributed by atoms with van der Waals surface area (Å²) in [5, 5.41) is 7.90. The van der Waals surface area contributed by atoms with Gasteiger partial charge in [-0.25, -0.2) is 4.98 Å². The molecule has 3 aromatic rings. The van der Waals surface area contributed by atoms with Crippen LogP contribution < -0.4 is 4.90 Å². The second kappa shape index (κ2) is 6.19. The maximum absolute atomic E-state index is 12.9. The number of hydrogen-bond acceptors (Lipinski definition) is 5. The molecule has 130 valence electrons. The quantitative estimate of drug-likeness (QED) is 0.723. The number of rotatable bonds is 3. The van der Waals surface area contributed by atoms with Crippen molar-refractivity contribution in [1.29, 1.82) is 0 Å². The van der Waals surface area contributed by atoms with Crippen LogP contribution in [0.15, 0.2) is 36.9 Å². The highest BCUT2D eigenvalue weighted by Crippen LogP contribution is 2.19. The largest absolute Gasteiger partial charge is 0.354 e. The van der Waals surface area contributed by atoms with Crippen LogP contribution in [0.3, 0.4) is 0 Å². The molecule has 0 aliphatic carbocycles. The monoisotopic (exact) mass is 339 g/mol. The zero-order valence-electron chi connectivity index (χ0n) is 14.4. The molecule has 25 heavy (non-hydrogen) atoms. The smallest absolute Gasteiger partial charge is 0.270 e. The fraction of sp³-hybridized carbons (Fsp3) is 0.412. The molecule has 1 saturated heterocycles. The van der Waals surface area contributed by atoms with Crippen molar-refractivity contribution in [2.45, 2.75) is 19.9 Å². The van der Waals surface area contributed by atoms with E-state index in [0.29, 0.717) is 18.9 Å². The summed E-state index contributed by atoms with van der Waals surface area (Å²) < 4.78 is 3.90. The van der Waals surface area contributed by atoms with Crippen molar-refractivity contribution in [3.05, 3.63) is 42.6 Å². The van der Waals surface area contributed by atoms with Gasteiger partial charge in [0.1, 0.15) is 17.8 Å². The summed E-state index contributed by atoms with van der Waals surface area (Å²) in [6.45, 7) is 7.09. The average molecular weight is 339 g/mol. The van der Waals surface area contributed by atoms with Crippen LogP contribution in [0.1, 0.15) is 30.4 Å². The molecule has 0 atom stereocenters. The van der Waals surface area contributed by atoms with Crippen LogP contribution in [-0.2, 0) is 0 Å². The molecule has 8 heteroatoms. The normalized spacial score (nSPS) is 15.3. The van der Waals surface area contributed by atoms with E-state index in [2.05, 4.69) is 33.9 Å². The third kappa shape index (κ3) is 2.73. The molecule has 0 radical (unpaired) electrons. The lowest BCUT2D eigenvalue weighted by Crippen LogP contribution is -2.49. The van der Waals surface area contributed by atoms with Crippen LogP contribution in [-0.4, -0.2) is 61.1 Å². The van der Waals surface area contributed by atoms with Gasteiger partial charge in [0.05, 0.1) is 0 Å². The predicted octanol–water partition coefficient (Wildman–Crippen LogP) is 1.47. The second-order valence-corrected chi connectivity index (χ2v) is 6.48. The Morgan fingerprint density at radius 3 is 2.72 bits per heavy atom. The van der Waals surface area contributed by atoms with E-state index in [1.807, 2.05) is 38.3 Å². The van der Waals surface area contributed by atoms with Crippen molar-refractivity contribution in [2.75, 3.05) is 31.1 Å². The molecule has 0 N–H and O–H groups in total. The summed E-state index contributed by atoms with van der Waals surface area (Å²) in [5.41, 5.74) is 0.758. The molecule has 0 spiro atoms. The minimum atomic E-state index is 0.0996. The van der Waals surface area contributed by atoms with E-state index in [1.165, 1.54) is 0 Å². The molecule has 4 rings (SSSR count). The highest BCUT2D eigenvalue weighted by Gasteiger charge is 2.25. The summed E-state index contributed by atoms with van der Waals surface area (Å²) >= 11 is 0. The summed E-state index contributed by atoms with van der Waals surface area (Å²) in [6, 6.07) is 6.06. The Kier molecular flexibility index (Phi) is 3.87. The van der Waals surface area contributed by atoms with Crippen LogP contribution >= 0.6 is 0 Å². The highest BCUT2D eigenvalue weighted by molar-refractivity contribution is 5.93. The van der Waals surface area contributed by atoms with Gasteiger partial charge >= 0.3 is 0 Å². The number of aromatic nitrogens is 5. The molecule has 1 amide bonds. The van der Waals surface area contributed by atoms with Crippen molar-refractivity contribution in [3.8, 4) is 0 Å². The third-order valence-electron chi connectivity index (χ3n) is 4.64. The molecule has 8 nitrogen and oxygen atoms in total. The van der Waals surface area contributed by atoms with Crippen LogP contribution in [0.5, 0.6) is 0 Å². The van der Waals surface area contributed by atoms with Gasteiger partial charge in [-0.05, 0) is 32.0 Å². The fourth-order valence-corrected chi connectivity index (χ4v) is 3.31. The molecule has 0 unspecified atom stereocenters.